The van der Waals surface area contributed by atoms with Gasteiger partial charge in [-0.15, -0.1) is 0 Å². The van der Waals surface area contributed by atoms with Gasteiger partial charge in [-0.3, -0.25) is 0 Å². The molecule has 80 valence electrons. The molecule has 1 aromatic rings. The monoisotopic (exact) mass is 201 g/mol. The van der Waals surface area contributed by atoms with Crippen LogP contribution in [0.2, 0.25) is 0 Å². The van der Waals surface area contributed by atoms with Crippen molar-refractivity contribution in [1.82, 2.24) is 5.32 Å². The number of hydrogen-bond donors (Lipinski definition) is 1. The molecule has 1 N–H and O–H groups in total. The van der Waals surface area contributed by atoms with Gasteiger partial charge in [-0.05, 0) is 49.6 Å². The standard InChI is InChI=1S/C14H19N/c1-2-4-11(5-3-1)10-14-13(8-9-15-14)12-6-7-12/h1-5,12-15H,6-10H2. The molecular formula is C14H19N. The first kappa shape index (κ1) is 9.41. The van der Waals surface area contributed by atoms with Gasteiger partial charge in [0.1, 0.15) is 0 Å². The van der Waals surface area contributed by atoms with Crippen LogP contribution < -0.4 is 5.32 Å². The highest BCUT2D eigenvalue weighted by Gasteiger charge is 2.38. The normalized spacial score (nSPS) is 30.7. The zero-order valence-corrected chi connectivity index (χ0v) is 9.15. The number of hydrogen-bond acceptors (Lipinski definition) is 1. The van der Waals surface area contributed by atoms with E-state index in [1.807, 2.05) is 0 Å². The van der Waals surface area contributed by atoms with Gasteiger partial charge in [-0.2, -0.15) is 0 Å². The van der Waals surface area contributed by atoms with Crippen LogP contribution in [0.25, 0.3) is 0 Å². The number of nitrogens with one attached hydrogen (secondary N) is 1. The van der Waals surface area contributed by atoms with Gasteiger partial charge in [0.25, 0.3) is 0 Å². The summed E-state index contributed by atoms with van der Waals surface area (Å²) in [5.41, 5.74) is 1.49. The zero-order chi connectivity index (χ0) is 10.1. The summed E-state index contributed by atoms with van der Waals surface area (Å²) in [7, 11) is 0. The van der Waals surface area contributed by atoms with E-state index in [9.17, 15) is 0 Å². The minimum Gasteiger partial charge on any atom is -0.313 e. The fourth-order valence-electron chi connectivity index (χ4n) is 2.97. The van der Waals surface area contributed by atoms with Crippen LogP contribution in [-0.4, -0.2) is 12.6 Å². The Hall–Kier alpha value is -0.820. The maximum absolute atomic E-state index is 3.68. The van der Waals surface area contributed by atoms with E-state index < -0.39 is 0 Å². The van der Waals surface area contributed by atoms with Crippen molar-refractivity contribution in [3.8, 4) is 0 Å². The molecule has 1 heteroatoms. The van der Waals surface area contributed by atoms with Crippen LogP contribution >= 0.6 is 0 Å². The number of benzene rings is 1. The Balaban J connectivity index is 1.67. The van der Waals surface area contributed by atoms with E-state index in [0.29, 0.717) is 0 Å². The molecule has 2 unspecified atom stereocenters. The van der Waals surface area contributed by atoms with E-state index in [-0.39, 0.29) is 0 Å². The van der Waals surface area contributed by atoms with Crippen LogP contribution in [0.4, 0.5) is 0 Å². The fourth-order valence-corrected chi connectivity index (χ4v) is 2.97. The van der Waals surface area contributed by atoms with Gasteiger partial charge >= 0.3 is 0 Å². The molecule has 2 aliphatic rings. The van der Waals surface area contributed by atoms with Crippen molar-refractivity contribution in [2.45, 2.75) is 31.7 Å². The Kier molecular flexibility index (Phi) is 2.49. The van der Waals surface area contributed by atoms with Crippen LogP contribution in [0.1, 0.15) is 24.8 Å². The third kappa shape index (κ3) is 2.07. The summed E-state index contributed by atoms with van der Waals surface area (Å²) in [4.78, 5) is 0. The lowest BCUT2D eigenvalue weighted by molar-refractivity contribution is 0.398. The van der Waals surface area contributed by atoms with Crippen molar-refractivity contribution in [2.75, 3.05) is 6.54 Å². The molecule has 2 fully saturated rings. The minimum atomic E-state index is 0.750. The summed E-state index contributed by atoms with van der Waals surface area (Å²) in [6, 6.07) is 11.7. The highest BCUT2D eigenvalue weighted by molar-refractivity contribution is 5.17. The molecule has 1 aromatic carbocycles. The van der Waals surface area contributed by atoms with Crippen molar-refractivity contribution >= 4 is 0 Å². The molecule has 0 amide bonds. The van der Waals surface area contributed by atoms with Gasteiger partial charge < -0.3 is 5.32 Å². The second-order valence-corrected chi connectivity index (χ2v) is 5.04. The van der Waals surface area contributed by atoms with E-state index in [1.165, 1.54) is 37.8 Å². The average molecular weight is 201 g/mol. The van der Waals surface area contributed by atoms with Gasteiger partial charge in [0.15, 0.2) is 0 Å². The summed E-state index contributed by atoms with van der Waals surface area (Å²) < 4.78 is 0. The maximum Gasteiger partial charge on any atom is 0.0139 e. The maximum atomic E-state index is 3.68. The van der Waals surface area contributed by atoms with Gasteiger partial charge in [0.2, 0.25) is 0 Å². The topological polar surface area (TPSA) is 12.0 Å². The SMILES string of the molecule is c1ccc(CC2NCCC2C2CC2)cc1. The second-order valence-electron chi connectivity index (χ2n) is 5.04. The van der Waals surface area contributed by atoms with Crippen LogP contribution in [0.3, 0.4) is 0 Å². The van der Waals surface area contributed by atoms with Crippen molar-refractivity contribution in [2.24, 2.45) is 11.8 Å². The first-order chi connectivity index (χ1) is 7.43. The van der Waals surface area contributed by atoms with E-state index in [2.05, 4.69) is 35.6 Å². The average Bonchev–Trinajstić information content (AvgIpc) is 3.02. The van der Waals surface area contributed by atoms with Crippen molar-refractivity contribution in [1.29, 1.82) is 0 Å². The molecule has 1 saturated carbocycles. The Morgan fingerprint density at radius 2 is 1.87 bits per heavy atom. The molecule has 1 nitrogen and oxygen atoms in total. The smallest absolute Gasteiger partial charge is 0.0139 e. The number of rotatable bonds is 3. The van der Waals surface area contributed by atoms with Crippen LogP contribution in [-0.2, 0) is 6.42 Å². The lowest BCUT2D eigenvalue weighted by Gasteiger charge is -2.19. The summed E-state index contributed by atoms with van der Waals surface area (Å²) >= 11 is 0. The van der Waals surface area contributed by atoms with E-state index in [1.54, 1.807) is 0 Å². The highest BCUT2D eigenvalue weighted by Crippen LogP contribution is 2.42. The summed E-state index contributed by atoms with van der Waals surface area (Å²) in [5, 5.41) is 3.68. The molecule has 1 heterocycles. The van der Waals surface area contributed by atoms with Crippen LogP contribution in [0.15, 0.2) is 30.3 Å². The molecule has 0 bridgehead atoms. The van der Waals surface area contributed by atoms with Gasteiger partial charge in [0.05, 0.1) is 0 Å². The van der Waals surface area contributed by atoms with Gasteiger partial charge in [-0.25, -0.2) is 0 Å². The second kappa shape index (κ2) is 3.97. The third-order valence-corrected chi connectivity index (χ3v) is 3.93. The summed E-state index contributed by atoms with van der Waals surface area (Å²) in [6.45, 7) is 1.23. The van der Waals surface area contributed by atoms with Crippen LogP contribution in [0.5, 0.6) is 0 Å². The Morgan fingerprint density at radius 1 is 1.07 bits per heavy atom. The molecule has 15 heavy (non-hydrogen) atoms. The van der Waals surface area contributed by atoms with Gasteiger partial charge in [0, 0.05) is 6.04 Å². The Morgan fingerprint density at radius 3 is 2.60 bits per heavy atom. The minimum absolute atomic E-state index is 0.750. The third-order valence-electron chi connectivity index (χ3n) is 3.93. The predicted octanol–water partition coefficient (Wildman–Crippen LogP) is 2.62. The first-order valence-corrected chi connectivity index (χ1v) is 6.21. The summed E-state index contributed by atoms with van der Waals surface area (Å²) in [6.07, 6.45) is 5.60. The predicted molar refractivity (Wildman–Crippen MR) is 62.8 cm³/mol. The van der Waals surface area contributed by atoms with Crippen molar-refractivity contribution < 1.29 is 0 Å². The molecule has 1 aliphatic heterocycles. The van der Waals surface area contributed by atoms with Gasteiger partial charge in [-0.1, -0.05) is 30.3 Å². The molecule has 2 atom stereocenters. The molecule has 0 radical (unpaired) electrons. The Labute approximate surface area is 91.9 Å². The van der Waals surface area contributed by atoms with E-state index in [4.69, 9.17) is 0 Å². The van der Waals surface area contributed by atoms with E-state index >= 15 is 0 Å². The quantitative estimate of drug-likeness (QED) is 0.792. The van der Waals surface area contributed by atoms with E-state index in [0.717, 1.165) is 17.9 Å². The lowest BCUT2D eigenvalue weighted by Crippen LogP contribution is -2.30. The zero-order valence-electron chi connectivity index (χ0n) is 9.15. The lowest BCUT2D eigenvalue weighted by atomic mass is 9.91. The molecule has 0 aromatic heterocycles. The fraction of sp³-hybridized carbons (Fsp3) is 0.571. The van der Waals surface area contributed by atoms with Crippen molar-refractivity contribution in [3.63, 3.8) is 0 Å². The highest BCUT2D eigenvalue weighted by atomic mass is 15.0. The molecular weight excluding hydrogens is 182 g/mol. The molecule has 1 aliphatic carbocycles. The Bertz CT molecular complexity index is 315. The van der Waals surface area contributed by atoms with Crippen molar-refractivity contribution in [3.05, 3.63) is 35.9 Å². The molecule has 1 saturated heterocycles. The molecule has 3 rings (SSSR count). The largest absolute Gasteiger partial charge is 0.313 e. The summed E-state index contributed by atoms with van der Waals surface area (Å²) in [5.74, 6) is 2.01. The van der Waals surface area contributed by atoms with Crippen LogP contribution in [0, 0.1) is 11.8 Å². The molecule has 0 spiro atoms. The first-order valence-electron chi connectivity index (χ1n) is 6.21.